The van der Waals surface area contributed by atoms with Crippen molar-refractivity contribution in [2.45, 2.75) is 6.92 Å². The summed E-state index contributed by atoms with van der Waals surface area (Å²) >= 11 is 0. The molecule has 0 N–H and O–H groups in total. The number of hydrogen-bond acceptors (Lipinski definition) is 3. The summed E-state index contributed by atoms with van der Waals surface area (Å²) in [6.07, 6.45) is 1.34. The van der Waals surface area contributed by atoms with Crippen LogP contribution in [-0.2, 0) is 0 Å². The molecule has 4 nitrogen and oxygen atoms in total. The van der Waals surface area contributed by atoms with Gasteiger partial charge in [0.2, 0.25) is 5.78 Å². The van der Waals surface area contributed by atoms with Crippen LogP contribution in [0.15, 0.2) is 54.7 Å². The van der Waals surface area contributed by atoms with Gasteiger partial charge in [-0.2, -0.15) is 0 Å². The lowest BCUT2D eigenvalue weighted by atomic mass is 10.1. The first-order chi connectivity index (χ1) is 10.2. The number of carbonyl (C=O) groups excluding carboxylic acids is 1. The number of rotatable bonds is 3. The van der Waals surface area contributed by atoms with E-state index in [1.165, 1.54) is 23.0 Å². The van der Waals surface area contributed by atoms with Gasteiger partial charge < -0.3 is 0 Å². The summed E-state index contributed by atoms with van der Waals surface area (Å²) in [5.41, 5.74) is 1.77. The molecule has 2 aromatic carbocycles. The maximum absolute atomic E-state index is 13.9. The van der Waals surface area contributed by atoms with E-state index in [2.05, 4.69) is 10.3 Å². The van der Waals surface area contributed by atoms with Crippen molar-refractivity contribution in [3.05, 3.63) is 77.4 Å². The Morgan fingerprint density at radius 3 is 2.67 bits per heavy atom. The molecule has 1 aromatic heterocycles. The second-order valence-electron chi connectivity index (χ2n) is 4.68. The van der Waals surface area contributed by atoms with Gasteiger partial charge in [0.05, 0.1) is 17.4 Å². The zero-order chi connectivity index (χ0) is 14.8. The number of benzene rings is 2. The fourth-order valence-corrected chi connectivity index (χ4v) is 2.10. The molecule has 3 rings (SSSR count). The number of halogens is 1. The van der Waals surface area contributed by atoms with Gasteiger partial charge in [-0.05, 0) is 31.2 Å². The molecule has 0 aliphatic heterocycles. The number of carbonyl (C=O) groups is 1. The largest absolute Gasteiger partial charge is 0.287 e. The minimum atomic E-state index is -0.550. The van der Waals surface area contributed by atoms with Gasteiger partial charge >= 0.3 is 0 Å². The first kappa shape index (κ1) is 13.2. The average molecular weight is 281 g/mol. The molecule has 0 aliphatic carbocycles. The Bertz CT molecular complexity index is 796. The summed E-state index contributed by atoms with van der Waals surface area (Å²) in [7, 11) is 0. The monoisotopic (exact) mass is 281 g/mol. The van der Waals surface area contributed by atoms with Gasteiger partial charge in [-0.15, -0.1) is 5.10 Å². The Kier molecular flexibility index (Phi) is 3.31. The van der Waals surface area contributed by atoms with E-state index in [9.17, 15) is 9.18 Å². The van der Waals surface area contributed by atoms with Gasteiger partial charge in [0.15, 0.2) is 0 Å². The third kappa shape index (κ3) is 2.45. The SMILES string of the molecule is Cc1ccc(F)c(C(=O)c2cnnn2-c2ccccc2)c1. The lowest BCUT2D eigenvalue weighted by Crippen LogP contribution is -2.11. The van der Waals surface area contributed by atoms with E-state index in [0.717, 1.165) is 5.56 Å². The van der Waals surface area contributed by atoms with Crippen LogP contribution in [0.1, 0.15) is 21.6 Å². The second kappa shape index (κ2) is 5.28. The van der Waals surface area contributed by atoms with Crippen molar-refractivity contribution < 1.29 is 9.18 Å². The first-order valence-electron chi connectivity index (χ1n) is 6.44. The molecule has 0 bridgehead atoms. The molecule has 5 heteroatoms. The molecule has 104 valence electrons. The third-order valence-electron chi connectivity index (χ3n) is 3.15. The smallest absolute Gasteiger partial charge is 0.216 e. The van der Waals surface area contributed by atoms with Crippen LogP contribution in [0, 0.1) is 12.7 Å². The molecule has 1 heterocycles. The lowest BCUT2D eigenvalue weighted by molar-refractivity contribution is 0.102. The highest BCUT2D eigenvalue weighted by molar-refractivity contribution is 6.08. The number of para-hydroxylation sites is 1. The Balaban J connectivity index is 2.08. The Morgan fingerprint density at radius 1 is 1.14 bits per heavy atom. The summed E-state index contributed by atoms with van der Waals surface area (Å²) in [6, 6.07) is 13.6. The Hall–Kier alpha value is -2.82. The molecular formula is C16H12FN3O. The van der Waals surface area contributed by atoms with E-state index < -0.39 is 11.6 Å². The van der Waals surface area contributed by atoms with Crippen LogP contribution >= 0.6 is 0 Å². The fraction of sp³-hybridized carbons (Fsp3) is 0.0625. The minimum Gasteiger partial charge on any atom is -0.287 e. The van der Waals surface area contributed by atoms with E-state index in [4.69, 9.17) is 0 Å². The van der Waals surface area contributed by atoms with Crippen LogP contribution < -0.4 is 0 Å². The van der Waals surface area contributed by atoms with Crippen molar-refractivity contribution in [2.24, 2.45) is 0 Å². The molecule has 0 atom stereocenters. The zero-order valence-corrected chi connectivity index (χ0v) is 11.3. The second-order valence-corrected chi connectivity index (χ2v) is 4.68. The van der Waals surface area contributed by atoms with Gasteiger partial charge in [-0.25, -0.2) is 9.07 Å². The average Bonchev–Trinajstić information content (AvgIpc) is 2.99. The van der Waals surface area contributed by atoms with Crippen molar-refractivity contribution in [2.75, 3.05) is 0 Å². The summed E-state index contributed by atoms with van der Waals surface area (Å²) in [6.45, 7) is 1.81. The van der Waals surface area contributed by atoms with Gasteiger partial charge in [0, 0.05) is 0 Å². The predicted octanol–water partition coefficient (Wildman–Crippen LogP) is 2.95. The standard InChI is InChI=1S/C16H12FN3O/c1-11-7-8-14(17)13(9-11)16(21)15-10-18-19-20(15)12-5-3-2-4-6-12/h2-10H,1H3. The highest BCUT2D eigenvalue weighted by Gasteiger charge is 2.19. The van der Waals surface area contributed by atoms with E-state index in [-0.39, 0.29) is 11.3 Å². The molecule has 0 aliphatic rings. The van der Waals surface area contributed by atoms with Crippen molar-refractivity contribution in [3.8, 4) is 5.69 Å². The van der Waals surface area contributed by atoms with Crippen LogP contribution in [0.5, 0.6) is 0 Å². The highest BCUT2D eigenvalue weighted by atomic mass is 19.1. The Labute approximate surface area is 120 Å². The van der Waals surface area contributed by atoms with Crippen LogP contribution in [0.2, 0.25) is 0 Å². The molecule has 0 radical (unpaired) electrons. The molecular weight excluding hydrogens is 269 g/mol. The zero-order valence-electron chi connectivity index (χ0n) is 11.3. The van der Waals surface area contributed by atoms with Gasteiger partial charge in [-0.1, -0.05) is 35.0 Å². The minimum absolute atomic E-state index is 0.0227. The topological polar surface area (TPSA) is 47.8 Å². The summed E-state index contributed by atoms with van der Waals surface area (Å²) in [5.74, 6) is -0.989. The van der Waals surface area contributed by atoms with Gasteiger partial charge in [0.25, 0.3) is 0 Å². The molecule has 0 saturated carbocycles. The number of aromatic nitrogens is 3. The van der Waals surface area contributed by atoms with Crippen molar-refractivity contribution in [1.29, 1.82) is 0 Å². The normalized spacial score (nSPS) is 10.6. The van der Waals surface area contributed by atoms with E-state index in [0.29, 0.717) is 5.69 Å². The highest BCUT2D eigenvalue weighted by Crippen LogP contribution is 2.17. The van der Waals surface area contributed by atoms with Crippen LogP contribution in [0.4, 0.5) is 4.39 Å². The summed E-state index contributed by atoms with van der Waals surface area (Å²) < 4.78 is 15.3. The lowest BCUT2D eigenvalue weighted by Gasteiger charge is -2.06. The number of aryl methyl sites for hydroxylation is 1. The number of hydrogen-bond donors (Lipinski definition) is 0. The van der Waals surface area contributed by atoms with Crippen molar-refractivity contribution in [1.82, 2.24) is 15.0 Å². The maximum Gasteiger partial charge on any atom is 0.216 e. The van der Waals surface area contributed by atoms with Crippen LogP contribution in [0.25, 0.3) is 5.69 Å². The van der Waals surface area contributed by atoms with E-state index in [1.54, 1.807) is 18.2 Å². The van der Waals surface area contributed by atoms with E-state index in [1.807, 2.05) is 25.1 Å². The van der Waals surface area contributed by atoms with Crippen LogP contribution in [-0.4, -0.2) is 20.8 Å². The maximum atomic E-state index is 13.9. The van der Waals surface area contributed by atoms with E-state index >= 15 is 0 Å². The molecule has 21 heavy (non-hydrogen) atoms. The molecule has 0 amide bonds. The third-order valence-corrected chi connectivity index (χ3v) is 3.15. The van der Waals surface area contributed by atoms with Crippen LogP contribution in [0.3, 0.4) is 0 Å². The van der Waals surface area contributed by atoms with Crippen molar-refractivity contribution >= 4 is 5.78 Å². The molecule has 0 unspecified atom stereocenters. The predicted molar refractivity (Wildman–Crippen MR) is 75.9 cm³/mol. The van der Waals surface area contributed by atoms with Gasteiger partial charge in [-0.3, -0.25) is 4.79 Å². The van der Waals surface area contributed by atoms with Crippen molar-refractivity contribution in [3.63, 3.8) is 0 Å². The Morgan fingerprint density at radius 2 is 1.90 bits per heavy atom. The molecule has 0 spiro atoms. The molecule has 0 fully saturated rings. The molecule has 3 aromatic rings. The summed E-state index contributed by atoms with van der Waals surface area (Å²) in [5, 5.41) is 7.68. The first-order valence-corrected chi connectivity index (χ1v) is 6.44. The molecule has 0 saturated heterocycles. The van der Waals surface area contributed by atoms with Gasteiger partial charge in [0.1, 0.15) is 11.5 Å². The fourth-order valence-electron chi connectivity index (χ4n) is 2.10. The number of nitrogens with zero attached hydrogens (tertiary/aromatic N) is 3. The quantitative estimate of drug-likeness (QED) is 0.693. The summed E-state index contributed by atoms with van der Waals surface area (Å²) in [4.78, 5) is 12.5. The number of ketones is 1.